The monoisotopic (exact) mass is 578 g/mol. The number of carbonyl (C=O) groups excluding carboxylic acids is 2. The molecule has 182 valence electrons. The van der Waals surface area contributed by atoms with Crippen LogP contribution >= 0.6 is 23.1 Å². The molecule has 0 bridgehead atoms. The van der Waals surface area contributed by atoms with Gasteiger partial charge in [0.2, 0.25) is 11.5 Å². The van der Waals surface area contributed by atoms with Crippen LogP contribution in [-0.4, -0.2) is 18.4 Å². The van der Waals surface area contributed by atoms with Crippen LogP contribution in [0.3, 0.4) is 0 Å². The molecule has 0 amide bonds. The Morgan fingerprint density at radius 2 is 1.67 bits per heavy atom. The van der Waals surface area contributed by atoms with Crippen LogP contribution in [0.15, 0.2) is 89.4 Å². The van der Waals surface area contributed by atoms with Crippen LogP contribution in [0.1, 0.15) is 38.8 Å². The zero-order valence-corrected chi connectivity index (χ0v) is 22.7. The topological polar surface area (TPSA) is 71.0 Å². The van der Waals surface area contributed by atoms with E-state index in [2.05, 4.69) is 6.07 Å². The molecule has 4 rings (SSSR count). The average molecular weight is 580 g/mol. The second-order valence-electron chi connectivity index (χ2n) is 7.56. The Kier molecular flexibility index (Phi) is 10.00. The summed E-state index contributed by atoms with van der Waals surface area (Å²) in [5.74, 6) is 0.0520. The third-order valence-electron chi connectivity index (χ3n) is 5.29. The molecule has 0 aliphatic rings. The van der Waals surface area contributed by atoms with Crippen molar-refractivity contribution >= 4 is 34.9 Å². The molecule has 0 N–H and O–H groups in total. The molecule has 0 aliphatic heterocycles. The van der Waals surface area contributed by atoms with Crippen molar-refractivity contribution in [1.29, 1.82) is 5.26 Å². The van der Waals surface area contributed by atoms with E-state index >= 15 is 0 Å². The summed E-state index contributed by atoms with van der Waals surface area (Å²) in [4.78, 5) is 26.7. The van der Waals surface area contributed by atoms with Crippen LogP contribution in [-0.2, 0) is 21.7 Å². The number of nitrogens with zero attached hydrogens (tertiary/aromatic N) is 2. The molecule has 4 aromatic rings. The number of aromatic nitrogens is 1. The van der Waals surface area contributed by atoms with E-state index in [9.17, 15) is 14.9 Å². The fourth-order valence-corrected chi connectivity index (χ4v) is 6.24. The van der Waals surface area contributed by atoms with Gasteiger partial charge < -0.3 is 21.7 Å². The van der Waals surface area contributed by atoms with Crippen molar-refractivity contribution in [3.8, 4) is 11.8 Å². The lowest BCUT2D eigenvalue weighted by Crippen LogP contribution is -3.00. The Bertz CT molecular complexity index is 1380. The molecule has 5 nitrogen and oxygen atoms in total. The molecule has 36 heavy (non-hydrogen) atoms. The van der Waals surface area contributed by atoms with Crippen LogP contribution in [0.4, 0.5) is 0 Å². The lowest BCUT2D eigenvalue weighted by Gasteiger charge is -2.06. The van der Waals surface area contributed by atoms with E-state index in [1.807, 2.05) is 71.6 Å². The predicted molar refractivity (Wildman–Crippen MR) is 137 cm³/mol. The molecular weight excluding hydrogens is 556 g/mol. The highest BCUT2D eigenvalue weighted by Crippen LogP contribution is 2.40. The van der Waals surface area contributed by atoms with Crippen molar-refractivity contribution < 1.29 is 35.9 Å². The van der Waals surface area contributed by atoms with Gasteiger partial charge in [0.15, 0.2) is 12.4 Å². The number of thioether (sulfide) groups is 1. The first kappa shape index (κ1) is 27.3. The number of thiophene rings is 1. The largest absolute Gasteiger partial charge is 1.00 e. The van der Waals surface area contributed by atoms with E-state index in [1.54, 1.807) is 36.9 Å². The van der Waals surface area contributed by atoms with Gasteiger partial charge in [0, 0.05) is 23.4 Å². The van der Waals surface area contributed by atoms with Gasteiger partial charge in [0.1, 0.15) is 4.21 Å². The van der Waals surface area contributed by atoms with Crippen LogP contribution in [0.2, 0.25) is 0 Å². The Hall–Kier alpha value is -3.25. The zero-order valence-electron chi connectivity index (χ0n) is 19.5. The molecule has 0 saturated heterocycles. The minimum absolute atomic E-state index is 0. The molecule has 2 heterocycles. The molecule has 0 radical (unpaired) electrons. The molecular formula is C28H23BrN2O3S2. The number of esters is 1. The third kappa shape index (κ3) is 6.30. The summed E-state index contributed by atoms with van der Waals surface area (Å²) in [6, 6.07) is 24.5. The van der Waals surface area contributed by atoms with Gasteiger partial charge in [-0.3, -0.25) is 9.59 Å². The summed E-state index contributed by atoms with van der Waals surface area (Å²) >= 11 is 2.93. The number of hydrogen-bond acceptors (Lipinski definition) is 6. The molecule has 0 aliphatic carbocycles. The lowest BCUT2D eigenvalue weighted by atomic mass is 10.0. The summed E-state index contributed by atoms with van der Waals surface area (Å²) in [6.07, 6.45) is 3.80. The Labute approximate surface area is 229 Å². The Morgan fingerprint density at radius 1 is 1.00 bits per heavy atom. The number of hydrogen-bond donors (Lipinski definition) is 0. The molecule has 2 aromatic heterocycles. The highest BCUT2D eigenvalue weighted by Gasteiger charge is 2.31. The Morgan fingerprint density at radius 3 is 2.36 bits per heavy atom. The van der Waals surface area contributed by atoms with E-state index in [-0.39, 0.29) is 41.8 Å². The van der Waals surface area contributed by atoms with Gasteiger partial charge in [0.25, 0.3) is 0 Å². The maximum absolute atomic E-state index is 13.6. The third-order valence-corrected chi connectivity index (χ3v) is 7.82. The molecule has 0 saturated carbocycles. The number of ether oxygens (including phenoxy) is 1. The van der Waals surface area contributed by atoms with Crippen molar-refractivity contribution in [3.05, 3.63) is 112 Å². The number of carbonyl (C=O) groups is 2. The number of pyridine rings is 1. The van der Waals surface area contributed by atoms with E-state index in [0.29, 0.717) is 27.3 Å². The van der Waals surface area contributed by atoms with Crippen molar-refractivity contribution in [3.63, 3.8) is 0 Å². The standard InChI is InChI=1S/C28H23N2O3S2.BrH/c1-2-33-24(31)17-23-25(30-15-9-4-10-16-30)28(34-19-22-14-8-7-13-21(22)18-29)35-27(23)26(32)20-11-5-3-6-12-20;/h3-16H,2,17,19H2,1H3;1H/q+1;/p-1. The highest BCUT2D eigenvalue weighted by molar-refractivity contribution is 8.00. The van der Waals surface area contributed by atoms with Crippen molar-refractivity contribution in [2.45, 2.75) is 23.3 Å². The van der Waals surface area contributed by atoms with Crippen molar-refractivity contribution in [2.75, 3.05) is 6.61 Å². The predicted octanol–water partition coefficient (Wildman–Crippen LogP) is 2.53. The minimum atomic E-state index is -0.378. The van der Waals surface area contributed by atoms with Crippen LogP contribution in [0, 0.1) is 11.3 Å². The molecule has 2 aromatic carbocycles. The van der Waals surface area contributed by atoms with Gasteiger partial charge >= 0.3 is 5.97 Å². The number of halogens is 1. The number of benzene rings is 2. The fourth-order valence-electron chi connectivity index (χ4n) is 3.66. The lowest BCUT2D eigenvalue weighted by molar-refractivity contribution is -0.598. The summed E-state index contributed by atoms with van der Waals surface area (Å²) < 4.78 is 8.08. The highest BCUT2D eigenvalue weighted by atomic mass is 79.9. The normalized spacial score (nSPS) is 10.2. The minimum Gasteiger partial charge on any atom is -1.00 e. The quantitative estimate of drug-likeness (QED) is 0.132. The van der Waals surface area contributed by atoms with Crippen LogP contribution in [0.5, 0.6) is 0 Å². The number of ketones is 1. The summed E-state index contributed by atoms with van der Waals surface area (Å²) in [5, 5.41) is 9.49. The molecule has 8 heteroatoms. The second kappa shape index (κ2) is 13.2. The molecule has 0 atom stereocenters. The SMILES string of the molecule is CCOC(=O)Cc1c(C(=O)c2ccccc2)sc(SCc2ccccc2C#N)c1-[n+]1ccccc1.[Br-]. The van der Waals surface area contributed by atoms with E-state index < -0.39 is 0 Å². The van der Waals surface area contributed by atoms with Gasteiger partial charge in [-0.1, -0.05) is 54.6 Å². The van der Waals surface area contributed by atoms with Gasteiger partial charge in [0.05, 0.1) is 35.1 Å². The average Bonchev–Trinajstić information content (AvgIpc) is 3.26. The van der Waals surface area contributed by atoms with E-state index in [1.165, 1.54) is 11.3 Å². The second-order valence-corrected chi connectivity index (χ2v) is 9.83. The maximum Gasteiger partial charge on any atom is 0.310 e. The van der Waals surface area contributed by atoms with Crippen molar-refractivity contribution in [1.82, 2.24) is 0 Å². The van der Waals surface area contributed by atoms with E-state index in [4.69, 9.17) is 4.74 Å². The fraction of sp³-hybridized carbons (Fsp3) is 0.143. The van der Waals surface area contributed by atoms with Crippen molar-refractivity contribution in [2.24, 2.45) is 0 Å². The maximum atomic E-state index is 13.6. The number of rotatable bonds is 9. The molecule has 0 fully saturated rings. The first-order valence-corrected chi connectivity index (χ1v) is 12.9. The number of nitriles is 1. The van der Waals surface area contributed by atoms with Gasteiger partial charge in [-0.25, -0.2) is 0 Å². The molecule has 0 spiro atoms. The molecule has 0 unspecified atom stereocenters. The smallest absolute Gasteiger partial charge is 0.310 e. The van der Waals surface area contributed by atoms with Crippen LogP contribution < -0.4 is 21.5 Å². The van der Waals surface area contributed by atoms with Gasteiger partial charge in [-0.15, -0.1) is 23.1 Å². The van der Waals surface area contributed by atoms with Crippen LogP contribution in [0.25, 0.3) is 5.69 Å². The summed E-state index contributed by atoms with van der Waals surface area (Å²) in [7, 11) is 0. The first-order valence-electron chi connectivity index (χ1n) is 11.1. The summed E-state index contributed by atoms with van der Waals surface area (Å²) in [6.45, 7) is 2.04. The van der Waals surface area contributed by atoms with E-state index in [0.717, 1.165) is 15.5 Å². The first-order chi connectivity index (χ1) is 17.1. The van der Waals surface area contributed by atoms with Gasteiger partial charge in [-0.05, 0) is 18.6 Å². The Balaban J connectivity index is 0.00000361. The van der Waals surface area contributed by atoms with Gasteiger partial charge in [-0.2, -0.15) is 9.83 Å². The zero-order chi connectivity index (χ0) is 24.6. The summed E-state index contributed by atoms with van der Waals surface area (Å²) in [5.41, 5.74) is 3.55.